The quantitative estimate of drug-likeness (QED) is 0.619. The van der Waals surface area contributed by atoms with Crippen LogP contribution in [0, 0.1) is 0 Å². The van der Waals surface area contributed by atoms with Crippen molar-refractivity contribution in [1.82, 2.24) is 5.32 Å². The van der Waals surface area contributed by atoms with Gasteiger partial charge in [-0.1, -0.05) is 30.9 Å². The lowest BCUT2D eigenvalue weighted by Gasteiger charge is -2.23. The molecule has 5 nitrogen and oxygen atoms in total. The Balaban J connectivity index is 1.72. The largest absolute Gasteiger partial charge is 0.496 e. The van der Waals surface area contributed by atoms with Crippen LogP contribution in [0.5, 0.6) is 5.75 Å². The summed E-state index contributed by atoms with van der Waals surface area (Å²) in [5, 5.41) is 6.22. The molecule has 0 spiro atoms. The first kappa shape index (κ1) is 20.7. The summed E-state index contributed by atoms with van der Waals surface area (Å²) in [6, 6.07) is 10.2. The molecule has 1 aliphatic carbocycles. The average molecular weight is 466 g/mol. The minimum atomic E-state index is -0.288. The van der Waals surface area contributed by atoms with E-state index >= 15 is 0 Å². The van der Waals surface area contributed by atoms with Crippen LogP contribution < -0.4 is 15.4 Å². The molecule has 2 N–H and O–H groups in total. The van der Waals surface area contributed by atoms with Gasteiger partial charge in [-0.15, -0.1) is 0 Å². The summed E-state index contributed by atoms with van der Waals surface area (Å²) in [5.74, 6) is 0.147. The highest BCUT2D eigenvalue weighted by Crippen LogP contribution is 2.27. The van der Waals surface area contributed by atoms with Crippen molar-refractivity contribution in [2.24, 2.45) is 0 Å². The Hall–Kier alpha value is -2.05. The van der Waals surface area contributed by atoms with Gasteiger partial charge in [0.25, 0.3) is 11.8 Å². The molecule has 0 aromatic heterocycles. The first-order valence-electron chi connectivity index (χ1n) is 9.23. The van der Waals surface area contributed by atoms with Gasteiger partial charge in [0.2, 0.25) is 0 Å². The predicted octanol–water partition coefficient (Wildman–Crippen LogP) is 5.43. The Bertz CT molecular complexity index is 882. The topological polar surface area (TPSA) is 67.4 Å². The Morgan fingerprint density at radius 3 is 2.50 bits per heavy atom. The van der Waals surface area contributed by atoms with Crippen molar-refractivity contribution in [2.45, 2.75) is 38.1 Å². The van der Waals surface area contributed by atoms with Crippen molar-refractivity contribution in [2.75, 3.05) is 12.4 Å². The highest BCUT2D eigenvalue weighted by atomic mass is 79.9. The van der Waals surface area contributed by atoms with Crippen molar-refractivity contribution in [3.8, 4) is 5.75 Å². The monoisotopic (exact) mass is 464 g/mol. The van der Waals surface area contributed by atoms with Gasteiger partial charge in [0.1, 0.15) is 5.75 Å². The molecule has 1 fully saturated rings. The number of rotatable bonds is 5. The number of halogens is 2. The standard InChI is InChI=1S/C21H22BrClN2O3/c1-28-19-10-7-13(11-17(19)22)20(26)25-15-8-9-18(23)16(12-15)21(27)24-14-5-3-2-4-6-14/h7-12,14H,2-6H2,1H3,(H,24,27)(H,25,26). The van der Waals surface area contributed by atoms with Gasteiger partial charge in [-0.3, -0.25) is 9.59 Å². The normalized spacial score (nSPS) is 14.4. The molecule has 1 saturated carbocycles. The van der Waals surface area contributed by atoms with E-state index in [-0.39, 0.29) is 17.9 Å². The van der Waals surface area contributed by atoms with Crippen LogP contribution in [0.25, 0.3) is 0 Å². The molecule has 0 aliphatic heterocycles. The lowest BCUT2D eigenvalue weighted by molar-refractivity contribution is 0.0926. The Kier molecular flexibility index (Phi) is 6.97. The van der Waals surface area contributed by atoms with Gasteiger partial charge in [0, 0.05) is 17.3 Å². The van der Waals surface area contributed by atoms with E-state index in [1.54, 1.807) is 43.5 Å². The number of ether oxygens (including phenoxy) is 1. The van der Waals surface area contributed by atoms with Crippen molar-refractivity contribution in [3.05, 3.63) is 57.0 Å². The summed E-state index contributed by atoms with van der Waals surface area (Å²) in [4.78, 5) is 25.2. The number of nitrogens with one attached hydrogen (secondary N) is 2. The fourth-order valence-corrected chi connectivity index (χ4v) is 4.04. The van der Waals surface area contributed by atoms with Crippen LogP contribution in [0.3, 0.4) is 0 Å². The number of carbonyl (C=O) groups is 2. The van der Waals surface area contributed by atoms with E-state index < -0.39 is 0 Å². The van der Waals surface area contributed by atoms with Crippen molar-refractivity contribution >= 4 is 45.0 Å². The smallest absolute Gasteiger partial charge is 0.255 e. The van der Waals surface area contributed by atoms with E-state index in [0.29, 0.717) is 32.1 Å². The molecule has 2 amide bonds. The van der Waals surface area contributed by atoms with Gasteiger partial charge in [-0.2, -0.15) is 0 Å². The molecule has 0 atom stereocenters. The molecule has 0 unspecified atom stereocenters. The first-order chi connectivity index (χ1) is 13.5. The maximum absolute atomic E-state index is 12.6. The second kappa shape index (κ2) is 9.43. The first-order valence-corrected chi connectivity index (χ1v) is 10.4. The fraction of sp³-hybridized carbons (Fsp3) is 0.333. The van der Waals surface area contributed by atoms with Crippen LogP contribution in [0.15, 0.2) is 40.9 Å². The lowest BCUT2D eigenvalue weighted by atomic mass is 9.95. The Labute approximate surface area is 177 Å². The fourth-order valence-electron chi connectivity index (χ4n) is 3.30. The van der Waals surface area contributed by atoms with Crippen molar-refractivity contribution < 1.29 is 14.3 Å². The molecule has 3 rings (SSSR count). The second-order valence-corrected chi connectivity index (χ2v) is 8.07. The van der Waals surface area contributed by atoms with Crippen LogP contribution in [-0.4, -0.2) is 25.0 Å². The highest BCUT2D eigenvalue weighted by molar-refractivity contribution is 9.10. The van der Waals surface area contributed by atoms with Crippen LogP contribution in [0.1, 0.15) is 52.8 Å². The second-order valence-electron chi connectivity index (χ2n) is 6.81. The van der Waals surface area contributed by atoms with Gasteiger partial charge in [0.05, 0.1) is 22.2 Å². The molecule has 0 heterocycles. The third-order valence-corrected chi connectivity index (χ3v) is 5.77. The molecule has 2 aromatic carbocycles. The molecule has 2 aromatic rings. The Morgan fingerprint density at radius 2 is 1.82 bits per heavy atom. The number of hydrogen-bond acceptors (Lipinski definition) is 3. The molecule has 1 aliphatic rings. The number of anilines is 1. The van der Waals surface area contributed by atoms with E-state index in [0.717, 1.165) is 25.7 Å². The van der Waals surface area contributed by atoms with Crippen LogP contribution in [-0.2, 0) is 0 Å². The SMILES string of the molecule is COc1ccc(C(=O)Nc2ccc(Cl)c(C(=O)NC3CCCCC3)c2)cc1Br. The van der Waals surface area contributed by atoms with E-state index in [1.807, 2.05) is 0 Å². The number of methoxy groups -OCH3 is 1. The molecule has 0 saturated heterocycles. The van der Waals surface area contributed by atoms with Crippen LogP contribution >= 0.6 is 27.5 Å². The summed E-state index contributed by atoms with van der Waals surface area (Å²) in [7, 11) is 1.56. The summed E-state index contributed by atoms with van der Waals surface area (Å²) in [6.07, 6.45) is 5.47. The summed E-state index contributed by atoms with van der Waals surface area (Å²) >= 11 is 9.60. The Morgan fingerprint density at radius 1 is 1.07 bits per heavy atom. The predicted molar refractivity (Wildman–Crippen MR) is 114 cm³/mol. The van der Waals surface area contributed by atoms with Gasteiger partial charge in [0.15, 0.2) is 0 Å². The van der Waals surface area contributed by atoms with E-state index in [2.05, 4.69) is 26.6 Å². The van der Waals surface area contributed by atoms with Gasteiger partial charge >= 0.3 is 0 Å². The summed E-state index contributed by atoms with van der Waals surface area (Å²) in [6.45, 7) is 0. The molecule has 0 radical (unpaired) electrons. The maximum atomic E-state index is 12.6. The van der Waals surface area contributed by atoms with E-state index in [1.165, 1.54) is 6.42 Å². The molecular formula is C21H22BrClN2O3. The molecule has 28 heavy (non-hydrogen) atoms. The number of hydrogen-bond donors (Lipinski definition) is 2. The molecule has 0 bridgehead atoms. The highest BCUT2D eigenvalue weighted by Gasteiger charge is 2.19. The third-order valence-electron chi connectivity index (χ3n) is 4.82. The third kappa shape index (κ3) is 5.06. The zero-order valence-corrected chi connectivity index (χ0v) is 17.9. The van der Waals surface area contributed by atoms with Gasteiger partial charge in [-0.05, 0) is 65.2 Å². The minimum Gasteiger partial charge on any atom is -0.496 e. The number of benzene rings is 2. The van der Waals surface area contributed by atoms with Gasteiger partial charge < -0.3 is 15.4 Å². The van der Waals surface area contributed by atoms with Crippen molar-refractivity contribution in [1.29, 1.82) is 0 Å². The van der Waals surface area contributed by atoms with E-state index in [4.69, 9.17) is 16.3 Å². The van der Waals surface area contributed by atoms with Crippen molar-refractivity contribution in [3.63, 3.8) is 0 Å². The van der Waals surface area contributed by atoms with E-state index in [9.17, 15) is 9.59 Å². The number of amides is 2. The lowest BCUT2D eigenvalue weighted by Crippen LogP contribution is -2.36. The van der Waals surface area contributed by atoms with Crippen LogP contribution in [0.4, 0.5) is 5.69 Å². The zero-order valence-electron chi connectivity index (χ0n) is 15.6. The maximum Gasteiger partial charge on any atom is 0.255 e. The van der Waals surface area contributed by atoms with Crippen LogP contribution in [0.2, 0.25) is 5.02 Å². The summed E-state index contributed by atoms with van der Waals surface area (Å²) < 4.78 is 5.86. The minimum absolute atomic E-state index is 0.187. The molecule has 148 valence electrons. The number of carbonyl (C=O) groups excluding carboxylic acids is 2. The summed E-state index contributed by atoms with van der Waals surface area (Å²) in [5.41, 5.74) is 1.34. The molecule has 7 heteroatoms. The molecular weight excluding hydrogens is 444 g/mol. The van der Waals surface area contributed by atoms with Gasteiger partial charge in [-0.25, -0.2) is 0 Å². The average Bonchev–Trinajstić information content (AvgIpc) is 2.70. The zero-order chi connectivity index (χ0) is 20.1.